The van der Waals surface area contributed by atoms with E-state index < -0.39 is 0 Å². The zero-order valence-electron chi connectivity index (χ0n) is 22.4. The van der Waals surface area contributed by atoms with Crippen LogP contribution < -0.4 is 0 Å². The quantitative estimate of drug-likeness (QED) is 0.107. The molecule has 0 amide bonds. The summed E-state index contributed by atoms with van der Waals surface area (Å²) < 4.78 is 0. The first-order chi connectivity index (χ1) is 15.4. The van der Waals surface area contributed by atoms with E-state index in [1.165, 1.54) is 180 Å². The minimum atomic E-state index is 1.37. The first-order valence-corrected chi connectivity index (χ1v) is 15.2. The van der Waals surface area contributed by atoms with Crippen molar-refractivity contribution in [2.75, 3.05) is 0 Å². The summed E-state index contributed by atoms with van der Waals surface area (Å²) in [6, 6.07) is 0. The van der Waals surface area contributed by atoms with Gasteiger partial charge in [-0.3, -0.25) is 0 Å². The van der Waals surface area contributed by atoms with Crippen molar-refractivity contribution in [2.24, 2.45) is 0 Å². The molecule has 0 aliphatic rings. The molecule has 0 spiro atoms. The van der Waals surface area contributed by atoms with Crippen LogP contribution in [0.4, 0.5) is 0 Å². The summed E-state index contributed by atoms with van der Waals surface area (Å²) in [5.41, 5.74) is 0. The molecule has 0 saturated carbocycles. The predicted molar refractivity (Wildman–Crippen MR) is 145 cm³/mol. The third kappa shape index (κ3) is 30.0. The normalized spacial score (nSPS) is 11.4. The summed E-state index contributed by atoms with van der Waals surface area (Å²) in [4.78, 5) is 0. The molecule has 0 atom stereocenters. The second kappa shape index (κ2) is 30.0. The highest BCUT2D eigenvalue weighted by Gasteiger charge is 1.96. The van der Waals surface area contributed by atoms with Crippen molar-refractivity contribution in [1.29, 1.82) is 0 Å². The van der Waals surface area contributed by atoms with Crippen molar-refractivity contribution < 1.29 is 0 Å². The Morgan fingerprint density at radius 1 is 0.258 bits per heavy atom. The lowest BCUT2D eigenvalue weighted by Gasteiger charge is -2.04. The van der Waals surface area contributed by atoms with Crippen LogP contribution in [0.1, 0.15) is 194 Å². The van der Waals surface area contributed by atoms with Gasteiger partial charge < -0.3 is 0 Å². The average Bonchev–Trinajstić information content (AvgIpc) is 2.78. The summed E-state index contributed by atoms with van der Waals surface area (Å²) in [5, 5.41) is 0. The zero-order chi connectivity index (χ0) is 22.5. The number of unbranched alkanes of at least 4 members (excludes halogenated alkanes) is 28. The molecular formula is C31H63. The van der Waals surface area contributed by atoms with Crippen molar-refractivity contribution in [1.82, 2.24) is 0 Å². The number of hydrogen-bond acceptors (Lipinski definition) is 0. The Kier molecular flexibility index (Phi) is 30.0. The number of hydrogen-bond donors (Lipinski definition) is 0. The van der Waals surface area contributed by atoms with Gasteiger partial charge in [-0.15, -0.1) is 0 Å². The topological polar surface area (TPSA) is 0 Å². The van der Waals surface area contributed by atoms with E-state index in [0.29, 0.717) is 0 Å². The number of rotatable bonds is 28. The van der Waals surface area contributed by atoms with Gasteiger partial charge >= 0.3 is 0 Å². The van der Waals surface area contributed by atoms with Crippen LogP contribution in [0.2, 0.25) is 0 Å². The minimum absolute atomic E-state index is 1.37. The molecule has 31 heavy (non-hydrogen) atoms. The van der Waals surface area contributed by atoms with Crippen LogP contribution in [0.25, 0.3) is 0 Å². The van der Waals surface area contributed by atoms with E-state index in [9.17, 15) is 0 Å². The van der Waals surface area contributed by atoms with Crippen LogP contribution in [-0.4, -0.2) is 0 Å². The smallest absolute Gasteiger partial charge is 0.0386 e. The van der Waals surface area contributed by atoms with Gasteiger partial charge in [0.1, 0.15) is 0 Å². The van der Waals surface area contributed by atoms with E-state index in [-0.39, 0.29) is 0 Å². The Balaban J connectivity index is 2.98. The van der Waals surface area contributed by atoms with Gasteiger partial charge in [-0.2, -0.15) is 0 Å². The largest absolute Gasteiger partial charge is 0.0654 e. The molecule has 0 aliphatic carbocycles. The molecule has 0 heteroatoms. The standard InChI is InChI=1S/C31H63/c1-3-5-7-9-11-13-15-17-19-21-23-25-27-29-31-30-28-26-24-22-20-18-16-14-12-10-8-6-4-2/h29H,3-28,30-31H2,1-2H3. The molecule has 0 N–H and O–H groups in total. The monoisotopic (exact) mass is 435 g/mol. The van der Waals surface area contributed by atoms with Crippen molar-refractivity contribution in [2.45, 2.75) is 194 Å². The van der Waals surface area contributed by atoms with Crippen molar-refractivity contribution >= 4 is 0 Å². The van der Waals surface area contributed by atoms with Crippen LogP contribution in [0.5, 0.6) is 0 Å². The van der Waals surface area contributed by atoms with Gasteiger partial charge in [-0.05, 0) is 6.42 Å². The fourth-order valence-electron chi connectivity index (χ4n) is 4.76. The molecule has 0 aromatic carbocycles. The first kappa shape index (κ1) is 31.0. The second-order valence-electron chi connectivity index (χ2n) is 10.4. The molecular weight excluding hydrogens is 372 g/mol. The van der Waals surface area contributed by atoms with Crippen molar-refractivity contribution in [3.05, 3.63) is 6.42 Å². The summed E-state index contributed by atoms with van der Waals surface area (Å²) in [5.74, 6) is 0. The summed E-state index contributed by atoms with van der Waals surface area (Å²) in [7, 11) is 0. The average molecular weight is 436 g/mol. The maximum absolute atomic E-state index is 2.58. The molecule has 0 bridgehead atoms. The van der Waals surface area contributed by atoms with Crippen LogP contribution in [0, 0.1) is 6.42 Å². The van der Waals surface area contributed by atoms with E-state index >= 15 is 0 Å². The lowest BCUT2D eigenvalue weighted by molar-refractivity contribution is 0.532. The van der Waals surface area contributed by atoms with Gasteiger partial charge in [-0.1, -0.05) is 194 Å². The molecule has 0 aromatic heterocycles. The molecule has 0 fully saturated rings. The maximum Gasteiger partial charge on any atom is -0.0386 e. The Bertz CT molecular complexity index is 254. The van der Waals surface area contributed by atoms with E-state index in [1.54, 1.807) is 0 Å². The summed E-state index contributed by atoms with van der Waals surface area (Å²) in [6.07, 6.45) is 43.4. The van der Waals surface area contributed by atoms with Crippen LogP contribution in [0.15, 0.2) is 0 Å². The highest BCUT2D eigenvalue weighted by Crippen LogP contribution is 2.16. The van der Waals surface area contributed by atoms with Crippen molar-refractivity contribution in [3.8, 4) is 0 Å². The molecule has 0 rings (SSSR count). The van der Waals surface area contributed by atoms with Gasteiger partial charge in [-0.25, -0.2) is 0 Å². The highest BCUT2D eigenvalue weighted by atomic mass is 14.0. The summed E-state index contributed by atoms with van der Waals surface area (Å²) >= 11 is 0. The Morgan fingerprint density at radius 2 is 0.452 bits per heavy atom. The second-order valence-corrected chi connectivity index (χ2v) is 10.4. The lowest BCUT2D eigenvalue weighted by atomic mass is 10.0. The van der Waals surface area contributed by atoms with Crippen LogP contribution in [0.3, 0.4) is 0 Å². The zero-order valence-corrected chi connectivity index (χ0v) is 22.4. The molecule has 0 aliphatic heterocycles. The van der Waals surface area contributed by atoms with Gasteiger partial charge in [0.15, 0.2) is 0 Å². The predicted octanol–water partition coefficient (Wildman–Crippen LogP) is 12.2. The SMILES string of the molecule is CCCCCCCCCCCCCC[CH]CCCCCCCCCCCCCCCC. The van der Waals surface area contributed by atoms with E-state index in [4.69, 9.17) is 0 Å². The minimum Gasteiger partial charge on any atom is -0.0654 e. The molecule has 0 saturated heterocycles. The fourth-order valence-corrected chi connectivity index (χ4v) is 4.76. The van der Waals surface area contributed by atoms with Gasteiger partial charge in [0.2, 0.25) is 0 Å². The highest BCUT2D eigenvalue weighted by molar-refractivity contribution is 4.64. The Morgan fingerprint density at radius 3 is 0.677 bits per heavy atom. The molecule has 0 aromatic rings. The lowest BCUT2D eigenvalue weighted by Crippen LogP contribution is -1.85. The fraction of sp³-hybridized carbons (Fsp3) is 0.968. The van der Waals surface area contributed by atoms with E-state index in [2.05, 4.69) is 20.3 Å². The maximum atomic E-state index is 2.58. The van der Waals surface area contributed by atoms with Gasteiger partial charge in [0.25, 0.3) is 0 Å². The Hall–Kier alpha value is 0. The third-order valence-electron chi connectivity index (χ3n) is 7.02. The summed E-state index contributed by atoms with van der Waals surface area (Å²) in [6.45, 7) is 4.61. The molecule has 0 unspecified atom stereocenters. The van der Waals surface area contributed by atoms with Gasteiger partial charge in [0.05, 0.1) is 0 Å². The van der Waals surface area contributed by atoms with E-state index in [0.717, 1.165) is 0 Å². The molecule has 187 valence electrons. The molecule has 0 heterocycles. The van der Waals surface area contributed by atoms with E-state index in [1.807, 2.05) is 0 Å². The third-order valence-corrected chi connectivity index (χ3v) is 7.02. The molecule has 1 radical (unpaired) electrons. The van der Waals surface area contributed by atoms with Crippen molar-refractivity contribution in [3.63, 3.8) is 0 Å². The Labute approximate surface area is 200 Å². The van der Waals surface area contributed by atoms with Crippen LogP contribution in [-0.2, 0) is 0 Å². The molecule has 0 nitrogen and oxygen atoms in total. The first-order valence-electron chi connectivity index (χ1n) is 15.2. The van der Waals surface area contributed by atoms with Crippen LogP contribution >= 0.6 is 0 Å². The van der Waals surface area contributed by atoms with Gasteiger partial charge in [0, 0.05) is 0 Å².